The van der Waals surface area contributed by atoms with Crippen LogP contribution in [0.2, 0.25) is 0 Å². The van der Waals surface area contributed by atoms with Crippen LogP contribution in [-0.4, -0.2) is 35.5 Å². The van der Waals surface area contributed by atoms with Crippen molar-refractivity contribution in [1.29, 1.82) is 0 Å². The molecule has 5 heteroatoms. The van der Waals surface area contributed by atoms with Crippen LogP contribution in [-0.2, 0) is 9.47 Å². The van der Waals surface area contributed by atoms with Crippen molar-refractivity contribution in [1.82, 2.24) is 9.55 Å². The molecule has 2 saturated heterocycles. The summed E-state index contributed by atoms with van der Waals surface area (Å²) in [5.74, 6) is 0.424. The average molecular weight is 265 g/mol. The number of nitrogens with zero attached hydrogens (tertiary/aromatic N) is 2. The van der Waals surface area contributed by atoms with Crippen LogP contribution in [0.15, 0.2) is 12.5 Å². The van der Waals surface area contributed by atoms with Gasteiger partial charge < -0.3 is 19.8 Å². The minimum Gasteiger partial charge on any atom is -0.381 e. The number of hydrogen-bond acceptors (Lipinski definition) is 4. The van der Waals surface area contributed by atoms with Gasteiger partial charge in [-0.2, -0.15) is 0 Å². The van der Waals surface area contributed by atoms with Gasteiger partial charge in [0.2, 0.25) is 0 Å². The first kappa shape index (κ1) is 13.1. The van der Waals surface area contributed by atoms with E-state index < -0.39 is 0 Å². The highest BCUT2D eigenvalue weighted by atomic mass is 16.5. The number of aromatic nitrogens is 2. The summed E-state index contributed by atoms with van der Waals surface area (Å²) in [6.45, 7) is 4.57. The van der Waals surface area contributed by atoms with E-state index in [1.807, 2.05) is 12.5 Å². The fourth-order valence-electron chi connectivity index (χ4n) is 3.18. The Balaban J connectivity index is 1.77. The second-order valence-corrected chi connectivity index (χ2v) is 5.73. The first-order valence-corrected chi connectivity index (χ1v) is 7.22. The van der Waals surface area contributed by atoms with Crippen molar-refractivity contribution in [2.75, 3.05) is 19.8 Å². The first-order chi connectivity index (χ1) is 9.25. The molecule has 2 N–H and O–H groups in total. The molecule has 0 saturated carbocycles. The van der Waals surface area contributed by atoms with Crippen molar-refractivity contribution >= 4 is 0 Å². The normalized spacial score (nSPS) is 33.5. The topological polar surface area (TPSA) is 62.3 Å². The second-order valence-electron chi connectivity index (χ2n) is 5.73. The third kappa shape index (κ3) is 2.68. The van der Waals surface area contributed by atoms with Crippen molar-refractivity contribution in [3.8, 4) is 0 Å². The molecule has 2 aliphatic rings. The maximum Gasteiger partial charge on any atom is 0.0951 e. The first-order valence-electron chi connectivity index (χ1n) is 7.22. The molecule has 1 aromatic heterocycles. The highest BCUT2D eigenvalue weighted by Crippen LogP contribution is 2.31. The Morgan fingerprint density at radius 2 is 2.32 bits per heavy atom. The van der Waals surface area contributed by atoms with Gasteiger partial charge in [-0.15, -0.1) is 0 Å². The monoisotopic (exact) mass is 265 g/mol. The summed E-state index contributed by atoms with van der Waals surface area (Å²) in [4.78, 5) is 4.32. The molecule has 0 amide bonds. The lowest BCUT2D eigenvalue weighted by molar-refractivity contribution is 0.00511. The summed E-state index contributed by atoms with van der Waals surface area (Å²) in [6, 6.07) is 0.498. The van der Waals surface area contributed by atoms with Crippen molar-refractivity contribution in [3.63, 3.8) is 0 Å². The fourth-order valence-corrected chi connectivity index (χ4v) is 3.18. The molecule has 3 rings (SSSR count). The van der Waals surface area contributed by atoms with Gasteiger partial charge in [-0.1, -0.05) is 0 Å². The molecule has 4 unspecified atom stereocenters. The summed E-state index contributed by atoms with van der Waals surface area (Å²) in [5, 5.41) is 0. The number of hydrogen-bond donors (Lipinski definition) is 1. The van der Waals surface area contributed by atoms with Crippen LogP contribution >= 0.6 is 0 Å². The standard InChI is InChI=1S/C14H23N3O2/c1-10-6-12(3-5-19-10)17-9-16-7-13(17)14(15)11-2-4-18-8-11/h7,9-12,14H,2-6,8,15H2,1H3. The summed E-state index contributed by atoms with van der Waals surface area (Å²) in [5.41, 5.74) is 7.56. The Bertz CT molecular complexity index is 398. The van der Waals surface area contributed by atoms with Gasteiger partial charge in [0.05, 0.1) is 30.8 Å². The Hall–Kier alpha value is -0.910. The Labute approximate surface area is 114 Å². The lowest BCUT2D eigenvalue weighted by Gasteiger charge is -2.31. The molecule has 0 radical (unpaired) electrons. The Kier molecular flexibility index (Phi) is 3.86. The number of nitrogens with two attached hydrogens (primary N) is 1. The van der Waals surface area contributed by atoms with Crippen LogP contribution in [0.4, 0.5) is 0 Å². The predicted molar refractivity (Wildman–Crippen MR) is 71.8 cm³/mol. The third-order valence-electron chi connectivity index (χ3n) is 4.36. The van der Waals surface area contributed by atoms with Gasteiger partial charge in [0.25, 0.3) is 0 Å². The van der Waals surface area contributed by atoms with Crippen molar-refractivity contribution in [2.45, 2.75) is 44.4 Å². The molecule has 3 heterocycles. The molecular weight excluding hydrogens is 242 g/mol. The molecule has 0 bridgehead atoms. The molecule has 0 spiro atoms. The maximum atomic E-state index is 6.41. The molecular formula is C14H23N3O2. The van der Waals surface area contributed by atoms with Gasteiger partial charge in [-0.3, -0.25) is 0 Å². The molecule has 19 heavy (non-hydrogen) atoms. The van der Waals surface area contributed by atoms with Crippen molar-refractivity contribution < 1.29 is 9.47 Å². The quantitative estimate of drug-likeness (QED) is 0.903. The van der Waals surface area contributed by atoms with E-state index in [2.05, 4.69) is 16.5 Å². The van der Waals surface area contributed by atoms with E-state index in [0.717, 1.165) is 44.8 Å². The van der Waals surface area contributed by atoms with E-state index in [4.69, 9.17) is 15.2 Å². The van der Waals surface area contributed by atoms with E-state index in [0.29, 0.717) is 18.1 Å². The van der Waals surface area contributed by atoms with Gasteiger partial charge in [0, 0.05) is 31.4 Å². The van der Waals surface area contributed by atoms with E-state index >= 15 is 0 Å². The van der Waals surface area contributed by atoms with Crippen LogP contribution in [0, 0.1) is 5.92 Å². The summed E-state index contributed by atoms with van der Waals surface area (Å²) < 4.78 is 13.3. The largest absolute Gasteiger partial charge is 0.381 e. The predicted octanol–water partition coefficient (Wildman–Crippen LogP) is 1.66. The SMILES string of the molecule is CC1CC(n2cncc2C(N)C2CCOC2)CCO1. The van der Waals surface area contributed by atoms with E-state index in [-0.39, 0.29) is 6.04 Å². The summed E-state index contributed by atoms with van der Waals surface area (Å²) in [7, 11) is 0. The van der Waals surface area contributed by atoms with Crippen LogP contribution in [0.5, 0.6) is 0 Å². The number of rotatable bonds is 3. The zero-order chi connectivity index (χ0) is 13.2. The highest BCUT2D eigenvalue weighted by Gasteiger charge is 2.29. The van der Waals surface area contributed by atoms with Gasteiger partial charge in [0.1, 0.15) is 0 Å². The zero-order valence-electron chi connectivity index (χ0n) is 11.5. The molecule has 2 fully saturated rings. The fraction of sp³-hybridized carbons (Fsp3) is 0.786. The maximum absolute atomic E-state index is 6.41. The summed E-state index contributed by atoms with van der Waals surface area (Å²) >= 11 is 0. The molecule has 5 nitrogen and oxygen atoms in total. The lowest BCUT2D eigenvalue weighted by atomic mass is 9.96. The molecule has 0 aliphatic carbocycles. The molecule has 2 aliphatic heterocycles. The Morgan fingerprint density at radius 3 is 3.05 bits per heavy atom. The molecule has 4 atom stereocenters. The second kappa shape index (κ2) is 5.61. The minimum absolute atomic E-state index is 0.0307. The van der Waals surface area contributed by atoms with Crippen molar-refractivity contribution in [3.05, 3.63) is 18.2 Å². The molecule has 0 aromatic carbocycles. The smallest absolute Gasteiger partial charge is 0.0951 e. The van der Waals surface area contributed by atoms with Gasteiger partial charge in [-0.25, -0.2) is 4.98 Å². The van der Waals surface area contributed by atoms with Crippen LogP contribution < -0.4 is 5.73 Å². The highest BCUT2D eigenvalue weighted by molar-refractivity contribution is 5.09. The lowest BCUT2D eigenvalue weighted by Crippen LogP contribution is -2.30. The van der Waals surface area contributed by atoms with E-state index in [9.17, 15) is 0 Å². The number of ether oxygens (including phenoxy) is 2. The molecule has 106 valence electrons. The van der Waals surface area contributed by atoms with E-state index in [1.165, 1.54) is 0 Å². The molecule has 1 aromatic rings. The summed E-state index contributed by atoms with van der Waals surface area (Å²) in [6.07, 6.45) is 7.30. The minimum atomic E-state index is 0.0307. The average Bonchev–Trinajstić information content (AvgIpc) is 3.09. The van der Waals surface area contributed by atoms with Crippen LogP contribution in [0.3, 0.4) is 0 Å². The zero-order valence-corrected chi connectivity index (χ0v) is 11.5. The van der Waals surface area contributed by atoms with Gasteiger partial charge >= 0.3 is 0 Å². The third-order valence-corrected chi connectivity index (χ3v) is 4.36. The van der Waals surface area contributed by atoms with Gasteiger partial charge in [0.15, 0.2) is 0 Å². The Morgan fingerprint density at radius 1 is 1.42 bits per heavy atom. The van der Waals surface area contributed by atoms with Crippen LogP contribution in [0.1, 0.15) is 44.0 Å². The van der Waals surface area contributed by atoms with Crippen LogP contribution in [0.25, 0.3) is 0 Å². The number of imidazole rings is 1. The van der Waals surface area contributed by atoms with Gasteiger partial charge in [-0.05, 0) is 26.2 Å². The van der Waals surface area contributed by atoms with Crippen molar-refractivity contribution in [2.24, 2.45) is 11.7 Å². The van der Waals surface area contributed by atoms with E-state index in [1.54, 1.807) is 0 Å².